The minimum Gasteiger partial charge on any atom is -0.398 e. The van der Waals surface area contributed by atoms with Crippen molar-refractivity contribution in [1.82, 2.24) is 9.88 Å². The lowest BCUT2D eigenvalue weighted by molar-refractivity contribution is 0.287. The van der Waals surface area contributed by atoms with Gasteiger partial charge in [0.2, 0.25) is 0 Å². The SMILES string of the molecule is Cc1nc(CCN2Cc3cccc(N)c3C2)cs1. The van der Waals surface area contributed by atoms with Crippen molar-refractivity contribution in [2.45, 2.75) is 26.4 Å². The smallest absolute Gasteiger partial charge is 0.0897 e. The molecule has 94 valence electrons. The number of hydrogen-bond acceptors (Lipinski definition) is 4. The highest BCUT2D eigenvalue weighted by Gasteiger charge is 2.20. The van der Waals surface area contributed by atoms with Crippen LogP contribution in [-0.4, -0.2) is 16.4 Å². The van der Waals surface area contributed by atoms with Gasteiger partial charge in [-0.3, -0.25) is 4.90 Å². The van der Waals surface area contributed by atoms with Gasteiger partial charge in [0.1, 0.15) is 0 Å². The molecular weight excluding hydrogens is 242 g/mol. The maximum absolute atomic E-state index is 6.01. The van der Waals surface area contributed by atoms with E-state index >= 15 is 0 Å². The van der Waals surface area contributed by atoms with Gasteiger partial charge in [-0.25, -0.2) is 4.98 Å². The van der Waals surface area contributed by atoms with Crippen molar-refractivity contribution in [3.63, 3.8) is 0 Å². The largest absolute Gasteiger partial charge is 0.398 e. The number of nitrogens with zero attached hydrogens (tertiary/aromatic N) is 2. The van der Waals surface area contributed by atoms with Crippen LogP contribution in [0.5, 0.6) is 0 Å². The molecule has 0 radical (unpaired) electrons. The first-order valence-electron chi connectivity index (χ1n) is 6.22. The molecule has 0 spiro atoms. The summed E-state index contributed by atoms with van der Waals surface area (Å²) in [6.07, 6.45) is 1.03. The molecule has 4 heteroatoms. The van der Waals surface area contributed by atoms with E-state index in [9.17, 15) is 0 Å². The lowest BCUT2D eigenvalue weighted by Crippen LogP contribution is -2.19. The van der Waals surface area contributed by atoms with Gasteiger partial charge in [0.05, 0.1) is 10.7 Å². The second-order valence-electron chi connectivity index (χ2n) is 4.80. The topological polar surface area (TPSA) is 42.2 Å². The molecule has 1 aliphatic heterocycles. The standard InChI is InChI=1S/C14H17N3S/c1-10-16-12(9-18-10)5-6-17-7-11-3-2-4-14(15)13(11)8-17/h2-4,9H,5-8,15H2,1H3. The molecule has 0 saturated heterocycles. The van der Waals surface area contributed by atoms with E-state index in [2.05, 4.69) is 28.3 Å². The molecule has 18 heavy (non-hydrogen) atoms. The minimum absolute atomic E-state index is 0.930. The van der Waals surface area contributed by atoms with E-state index in [1.165, 1.54) is 16.8 Å². The van der Waals surface area contributed by atoms with Crippen LogP contribution in [0.1, 0.15) is 21.8 Å². The summed E-state index contributed by atoms with van der Waals surface area (Å²) in [7, 11) is 0. The van der Waals surface area contributed by atoms with Gasteiger partial charge in [0.25, 0.3) is 0 Å². The molecule has 1 aromatic carbocycles. The summed E-state index contributed by atoms with van der Waals surface area (Å²) in [4.78, 5) is 6.95. The molecule has 0 unspecified atom stereocenters. The number of thiazole rings is 1. The highest BCUT2D eigenvalue weighted by atomic mass is 32.1. The van der Waals surface area contributed by atoms with E-state index in [1.807, 2.05) is 12.1 Å². The van der Waals surface area contributed by atoms with Gasteiger partial charge in [0, 0.05) is 37.1 Å². The average Bonchev–Trinajstić information content (AvgIpc) is 2.93. The lowest BCUT2D eigenvalue weighted by Gasteiger charge is -2.13. The van der Waals surface area contributed by atoms with E-state index in [4.69, 9.17) is 5.73 Å². The quantitative estimate of drug-likeness (QED) is 0.862. The number of nitrogen functional groups attached to an aromatic ring is 1. The molecule has 0 aliphatic carbocycles. The number of fused-ring (bicyclic) bond motifs is 1. The molecule has 0 fully saturated rings. The molecule has 1 aromatic heterocycles. The highest BCUT2D eigenvalue weighted by Crippen LogP contribution is 2.27. The molecule has 0 amide bonds. The van der Waals surface area contributed by atoms with Crippen LogP contribution in [0, 0.1) is 6.92 Å². The van der Waals surface area contributed by atoms with Crippen LogP contribution in [0.25, 0.3) is 0 Å². The zero-order valence-corrected chi connectivity index (χ0v) is 11.3. The number of anilines is 1. The minimum atomic E-state index is 0.930. The van der Waals surface area contributed by atoms with Gasteiger partial charge in [-0.2, -0.15) is 0 Å². The Labute approximate surface area is 111 Å². The molecule has 2 N–H and O–H groups in total. The Balaban J connectivity index is 1.63. The summed E-state index contributed by atoms with van der Waals surface area (Å²) < 4.78 is 0. The van der Waals surface area contributed by atoms with Gasteiger partial charge in [-0.15, -0.1) is 11.3 Å². The Bertz CT molecular complexity index is 562. The van der Waals surface area contributed by atoms with Crippen molar-refractivity contribution in [3.8, 4) is 0 Å². The summed E-state index contributed by atoms with van der Waals surface area (Å²) in [6.45, 7) is 5.10. The van der Waals surface area contributed by atoms with Crippen molar-refractivity contribution in [2.24, 2.45) is 0 Å². The van der Waals surface area contributed by atoms with Crippen LogP contribution in [-0.2, 0) is 19.5 Å². The predicted octanol–water partition coefficient (Wildman–Crippen LogP) is 2.59. The first-order chi connectivity index (χ1) is 8.72. The summed E-state index contributed by atoms with van der Waals surface area (Å²) in [5.41, 5.74) is 10.8. The van der Waals surface area contributed by atoms with Crippen molar-refractivity contribution in [1.29, 1.82) is 0 Å². The van der Waals surface area contributed by atoms with E-state index in [0.717, 1.165) is 36.8 Å². The maximum Gasteiger partial charge on any atom is 0.0897 e. The van der Waals surface area contributed by atoms with E-state index in [1.54, 1.807) is 11.3 Å². The Morgan fingerprint density at radius 1 is 1.39 bits per heavy atom. The van der Waals surface area contributed by atoms with Crippen LogP contribution in [0.3, 0.4) is 0 Å². The average molecular weight is 259 g/mol. The van der Waals surface area contributed by atoms with Crippen LogP contribution in [0.15, 0.2) is 23.6 Å². The summed E-state index contributed by atoms with van der Waals surface area (Å²) in [6, 6.07) is 6.21. The van der Waals surface area contributed by atoms with E-state index in [-0.39, 0.29) is 0 Å². The molecule has 3 rings (SSSR count). The van der Waals surface area contributed by atoms with Gasteiger partial charge in [0.15, 0.2) is 0 Å². The van der Waals surface area contributed by atoms with Crippen molar-refractivity contribution in [3.05, 3.63) is 45.4 Å². The number of aryl methyl sites for hydroxylation is 1. The monoisotopic (exact) mass is 259 g/mol. The van der Waals surface area contributed by atoms with Crippen molar-refractivity contribution >= 4 is 17.0 Å². The molecule has 2 heterocycles. The van der Waals surface area contributed by atoms with Gasteiger partial charge < -0.3 is 5.73 Å². The molecule has 0 atom stereocenters. The lowest BCUT2D eigenvalue weighted by atomic mass is 10.1. The third-order valence-corrected chi connectivity index (χ3v) is 4.26. The van der Waals surface area contributed by atoms with Crippen molar-refractivity contribution < 1.29 is 0 Å². The van der Waals surface area contributed by atoms with Crippen LogP contribution in [0.4, 0.5) is 5.69 Å². The maximum atomic E-state index is 6.01. The summed E-state index contributed by atoms with van der Waals surface area (Å²) in [5.74, 6) is 0. The van der Waals surface area contributed by atoms with Crippen LogP contribution < -0.4 is 5.73 Å². The molecule has 0 bridgehead atoms. The number of nitrogens with two attached hydrogens (primary N) is 1. The first-order valence-corrected chi connectivity index (χ1v) is 7.10. The fourth-order valence-electron chi connectivity index (χ4n) is 2.47. The summed E-state index contributed by atoms with van der Waals surface area (Å²) >= 11 is 1.73. The fraction of sp³-hybridized carbons (Fsp3) is 0.357. The Hall–Kier alpha value is -1.39. The molecular formula is C14H17N3S. The third kappa shape index (κ3) is 2.26. The van der Waals surface area contributed by atoms with E-state index in [0.29, 0.717) is 0 Å². The first kappa shape index (κ1) is 11.7. The fourth-order valence-corrected chi connectivity index (χ4v) is 3.12. The molecule has 2 aromatic rings. The number of hydrogen-bond donors (Lipinski definition) is 1. The molecule has 1 aliphatic rings. The molecule has 3 nitrogen and oxygen atoms in total. The number of aromatic nitrogens is 1. The zero-order chi connectivity index (χ0) is 12.5. The zero-order valence-electron chi connectivity index (χ0n) is 10.5. The van der Waals surface area contributed by atoms with Crippen LogP contribution in [0.2, 0.25) is 0 Å². The van der Waals surface area contributed by atoms with Crippen molar-refractivity contribution in [2.75, 3.05) is 12.3 Å². The Kier molecular flexibility index (Phi) is 3.06. The number of rotatable bonds is 3. The Morgan fingerprint density at radius 2 is 2.28 bits per heavy atom. The van der Waals surface area contributed by atoms with E-state index < -0.39 is 0 Å². The van der Waals surface area contributed by atoms with Gasteiger partial charge >= 0.3 is 0 Å². The second-order valence-corrected chi connectivity index (χ2v) is 5.87. The van der Waals surface area contributed by atoms with Gasteiger partial charge in [-0.1, -0.05) is 12.1 Å². The Morgan fingerprint density at radius 3 is 3.00 bits per heavy atom. The predicted molar refractivity (Wildman–Crippen MR) is 75.5 cm³/mol. The highest BCUT2D eigenvalue weighted by molar-refractivity contribution is 7.09. The number of benzene rings is 1. The third-order valence-electron chi connectivity index (χ3n) is 3.44. The molecule has 0 saturated carbocycles. The summed E-state index contributed by atoms with van der Waals surface area (Å²) in [5, 5.41) is 3.31. The normalized spacial score (nSPS) is 14.9. The van der Waals surface area contributed by atoms with Gasteiger partial charge in [-0.05, 0) is 24.1 Å². The second kappa shape index (κ2) is 4.71. The van der Waals surface area contributed by atoms with Crippen LogP contribution >= 0.6 is 11.3 Å².